The fourth-order valence-corrected chi connectivity index (χ4v) is 2.90. The monoisotopic (exact) mass is 319 g/mol. The van der Waals surface area contributed by atoms with E-state index in [1.165, 1.54) is 12.0 Å². The van der Waals surface area contributed by atoms with Gasteiger partial charge in [0.1, 0.15) is 0 Å². The number of aliphatic hydroxyl groups is 1. The SMILES string of the molecule is CC.CC1CN(C)CC[C@@H]1c1ccc(Cl)c(Cl)c1.CO. The molecule has 1 unspecified atom stereocenters. The van der Waals surface area contributed by atoms with Crippen LogP contribution >= 0.6 is 23.2 Å². The van der Waals surface area contributed by atoms with E-state index in [1.807, 2.05) is 26.0 Å². The van der Waals surface area contributed by atoms with Crippen LogP contribution in [-0.2, 0) is 0 Å². The molecule has 4 heteroatoms. The predicted octanol–water partition coefficient (Wildman–Crippen LogP) is 4.68. The first kappa shape index (κ1) is 19.7. The van der Waals surface area contributed by atoms with E-state index < -0.39 is 0 Å². The lowest BCUT2D eigenvalue weighted by molar-refractivity contribution is 0.195. The standard InChI is InChI=1S/C13H17Cl2N.C2H6.CH4O/c1-9-8-16(2)6-5-11(9)10-3-4-12(14)13(15)7-10;2*1-2/h3-4,7,9,11H,5-6,8H2,1-2H3;1-2H3;2H,1H3/t9?,11-;;/m0../s1. The Hall–Kier alpha value is -0.280. The molecule has 0 aromatic heterocycles. The van der Waals surface area contributed by atoms with E-state index in [4.69, 9.17) is 28.3 Å². The molecule has 20 heavy (non-hydrogen) atoms. The molecule has 1 N–H and O–H groups in total. The second kappa shape index (κ2) is 10.4. The van der Waals surface area contributed by atoms with E-state index in [-0.39, 0.29) is 0 Å². The number of aliphatic hydroxyl groups excluding tert-OH is 1. The van der Waals surface area contributed by atoms with E-state index >= 15 is 0 Å². The molecule has 2 nitrogen and oxygen atoms in total. The molecule has 2 rings (SSSR count). The van der Waals surface area contributed by atoms with Gasteiger partial charge in [-0.1, -0.05) is 50.0 Å². The van der Waals surface area contributed by atoms with Crippen LogP contribution in [0.4, 0.5) is 0 Å². The van der Waals surface area contributed by atoms with Gasteiger partial charge in [-0.2, -0.15) is 0 Å². The summed E-state index contributed by atoms with van der Waals surface area (Å²) in [5.41, 5.74) is 1.33. The average molecular weight is 320 g/mol. The van der Waals surface area contributed by atoms with Crippen LogP contribution in [0.3, 0.4) is 0 Å². The molecule has 0 saturated carbocycles. The van der Waals surface area contributed by atoms with Crippen LogP contribution in [0.5, 0.6) is 0 Å². The van der Waals surface area contributed by atoms with Gasteiger partial charge in [-0.3, -0.25) is 0 Å². The minimum Gasteiger partial charge on any atom is -0.400 e. The molecule has 0 bridgehead atoms. The summed E-state index contributed by atoms with van der Waals surface area (Å²) < 4.78 is 0. The van der Waals surface area contributed by atoms with Crippen molar-refractivity contribution in [1.29, 1.82) is 0 Å². The molecular weight excluding hydrogens is 293 g/mol. The van der Waals surface area contributed by atoms with Gasteiger partial charge < -0.3 is 10.0 Å². The van der Waals surface area contributed by atoms with Crippen molar-refractivity contribution in [1.82, 2.24) is 4.90 Å². The molecule has 0 amide bonds. The Morgan fingerprint density at radius 1 is 1.15 bits per heavy atom. The van der Waals surface area contributed by atoms with Crippen molar-refractivity contribution < 1.29 is 5.11 Å². The quantitative estimate of drug-likeness (QED) is 0.812. The third-order valence-corrected chi connectivity index (χ3v) is 4.22. The van der Waals surface area contributed by atoms with Gasteiger partial charge in [-0.05, 0) is 49.5 Å². The van der Waals surface area contributed by atoms with Gasteiger partial charge in [0.05, 0.1) is 10.0 Å². The van der Waals surface area contributed by atoms with Crippen molar-refractivity contribution in [2.24, 2.45) is 5.92 Å². The van der Waals surface area contributed by atoms with Crippen LogP contribution in [0.2, 0.25) is 10.0 Å². The molecule has 1 fully saturated rings. The molecule has 0 radical (unpaired) electrons. The Morgan fingerprint density at radius 2 is 1.75 bits per heavy atom. The molecule has 1 aromatic carbocycles. The van der Waals surface area contributed by atoms with Gasteiger partial charge in [-0.15, -0.1) is 0 Å². The number of hydrogen-bond donors (Lipinski definition) is 1. The summed E-state index contributed by atoms with van der Waals surface area (Å²) in [6, 6.07) is 6.04. The Morgan fingerprint density at radius 3 is 2.25 bits per heavy atom. The van der Waals surface area contributed by atoms with Crippen LogP contribution in [0.1, 0.15) is 38.7 Å². The van der Waals surface area contributed by atoms with Crippen LogP contribution in [0, 0.1) is 5.92 Å². The first-order valence-corrected chi connectivity index (χ1v) is 7.91. The number of hydrogen-bond acceptors (Lipinski definition) is 2. The summed E-state index contributed by atoms with van der Waals surface area (Å²) in [5, 5.41) is 8.32. The molecule has 0 spiro atoms. The maximum Gasteiger partial charge on any atom is 0.0595 e. The largest absolute Gasteiger partial charge is 0.400 e. The number of benzene rings is 1. The van der Waals surface area contributed by atoms with Crippen LogP contribution < -0.4 is 0 Å². The molecule has 1 heterocycles. The number of nitrogens with zero attached hydrogens (tertiary/aromatic N) is 1. The van der Waals surface area contributed by atoms with Crippen molar-refractivity contribution in [3.05, 3.63) is 33.8 Å². The van der Waals surface area contributed by atoms with Gasteiger partial charge in [0.25, 0.3) is 0 Å². The molecule has 116 valence electrons. The Bertz CT molecular complexity index is 385. The lowest BCUT2D eigenvalue weighted by Gasteiger charge is -2.35. The minimum atomic E-state index is 0.617. The molecular formula is C16H27Cl2NO. The fraction of sp³-hybridized carbons (Fsp3) is 0.625. The van der Waals surface area contributed by atoms with E-state index in [0.29, 0.717) is 21.9 Å². The number of rotatable bonds is 1. The van der Waals surface area contributed by atoms with E-state index in [0.717, 1.165) is 20.2 Å². The summed E-state index contributed by atoms with van der Waals surface area (Å²) in [4.78, 5) is 2.39. The van der Waals surface area contributed by atoms with E-state index in [9.17, 15) is 0 Å². The smallest absolute Gasteiger partial charge is 0.0595 e. The maximum atomic E-state index is 7.00. The Labute approximate surface area is 133 Å². The second-order valence-corrected chi connectivity index (χ2v) is 5.62. The fourth-order valence-electron chi connectivity index (χ4n) is 2.59. The van der Waals surface area contributed by atoms with Crippen LogP contribution in [-0.4, -0.2) is 37.3 Å². The highest BCUT2D eigenvalue weighted by Crippen LogP contribution is 2.35. The van der Waals surface area contributed by atoms with Crippen molar-refractivity contribution in [3.63, 3.8) is 0 Å². The number of piperidine rings is 1. The summed E-state index contributed by atoms with van der Waals surface area (Å²) in [6.45, 7) is 8.63. The third-order valence-electron chi connectivity index (χ3n) is 3.48. The molecule has 1 aromatic rings. The molecule has 2 atom stereocenters. The van der Waals surface area contributed by atoms with Crippen LogP contribution in [0.25, 0.3) is 0 Å². The van der Waals surface area contributed by atoms with Crippen molar-refractivity contribution in [3.8, 4) is 0 Å². The third kappa shape index (κ3) is 5.61. The lowest BCUT2D eigenvalue weighted by Crippen LogP contribution is -2.35. The van der Waals surface area contributed by atoms with Crippen LogP contribution in [0.15, 0.2) is 18.2 Å². The highest BCUT2D eigenvalue weighted by molar-refractivity contribution is 6.42. The zero-order chi connectivity index (χ0) is 15.7. The Balaban J connectivity index is 0.000000829. The number of halogens is 2. The first-order valence-electron chi connectivity index (χ1n) is 7.16. The highest BCUT2D eigenvalue weighted by Gasteiger charge is 2.25. The minimum absolute atomic E-state index is 0.617. The van der Waals surface area contributed by atoms with Gasteiger partial charge in [0.15, 0.2) is 0 Å². The number of likely N-dealkylation sites (tertiary alicyclic amines) is 1. The van der Waals surface area contributed by atoms with E-state index in [2.05, 4.69) is 24.9 Å². The normalized spacial score (nSPS) is 22.2. The average Bonchev–Trinajstić information content (AvgIpc) is 2.46. The molecule has 0 aliphatic carbocycles. The zero-order valence-corrected chi connectivity index (χ0v) is 14.7. The molecule has 1 aliphatic heterocycles. The topological polar surface area (TPSA) is 23.5 Å². The van der Waals surface area contributed by atoms with Gasteiger partial charge in [0, 0.05) is 13.7 Å². The summed E-state index contributed by atoms with van der Waals surface area (Å²) >= 11 is 12.0. The van der Waals surface area contributed by atoms with Gasteiger partial charge in [0.2, 0.25) is 0 Å². The van der Waals surface area contributed by atoms with Crippen molar-refractivity contribution >= 4 is 23.2 Å². The van der Waals surface area contributed by atoms with Gasteiger partial charge >= 0.3 is 0 Å². The van der Waals surface area contributed by atoms with Crippen molar-refractivity contribution in [2.45, 2.75) is 33.1 Å². The van der Waals surface area contributed by atoms with E-state index in [1.54, 1.807) is 0 Å². The lowest BCUT2D eigenvalue weighted by atomic mass is 9.82. The summed E-state index contributed by atoms with van der Waals surface area (Å²) in [6.07, 6.45) is 1.20. The van der Waals surface area contributed by atoms with Gasteiger partial charge in [-0.25, -0.2) is 0 Å². The maximum absolute atomic E-state index is 7.00. The zero-order valence-electron chi connectivity index (χ0n) is 13.2. The molecule has 1 saturated heterocycles. The summed E-state index contributed by atoms with van der Waals surface area (Å²) in [5.74, 6) is 1.29. The summed E-state index contributed by atoms with van der Waals surface area (Å²) in [7, 11) is 3.18. The second-order valence-electron chi connectivity index (χ2n) is 4.81. The Kier molecular flexibility index (Phi) is 10.3. The highest BCUT2D eigenvalue weighted by atomic mass is 35.5. The molecule has 1 aliphatic rings. The first-order chi connectivity index (χ1) is 9.58. The van der Waals surface area contributed by atoms with Crippen molar-refractivity contribution in [2.75, 3.05) is 27.2 Å². The predicted molar refractivity (Wildman–Crippen MR) is 90.0 cm³/mol.